The van der Waals surface area contributed by atoms with Gasteiger partial charge in [-0.2, -0.15) is 0 Å². The van der Waals surface area contributed by atoms with Gasteiger partial charge in [0.2, 0.25) is 0 Å². The Morgan fingerprint density at radius 2 is 1.79 bits per heavy atom. The predicted octanol–water partition coefficient (Wildman–Crippen LogP) is -1.59. The van der Waals surface area contributed by atoms with Crippen molar-refractivity contribution in [2.75, 3.05) is 31.1 Å². The number of hydrogen-bond donors (Lipinski definition) is 1. The average Bonchev–Trinajstić information content (AvgIpc) is 2.20. The fraction of sp³-hybridized carbons (Fsp3) is 0.455. The predicted molar refractivity (Wildman–Crippen MR) is 56.3 cm³/mol. The van der Waals surface area contributed by atoms with E-state index in [4.69, 9.17) is 0 Å². The number of rotatable bonds is 1. The Hall–Kier alpha value is -0.730. The minimum atomic E-state index is 0. The molecular weight excluding hydrogens is 196 g/mol. The number of benzene rings is 1. The fourth-order valence-electron chi connectivity index (χ4n) is 1.82. The Morgan fingerprint density at radius 3 is 2.43 bits per heavy atom. The topological polar surface area (TPSA) is 15.3 Å². The lowest BCUT2D eigenvalue weighted by Crippen LogP contribution is -3.00. The summed E-state index contributed by atoms with van der Waals surface area (Å²) in [4.78, 5) is 2.45. The van der Waals surface area contributed by atoms with E-state index in [1.807, 2.05) is 0 Å². The first kappa shape index (κ1) is 11.3. The van der Waals surface area contributed by atoms with Gasteiger partial charge < -0.3 is 22.6 Å². The van der Waals surface area contributed by atoms with Crippen LogP contribution in [-0.4, -0.2) is 26.2 Å². The Kier molecular flexibility index (Phi) is 4.23. The van der Waals surface area contributed by atoms with Crippen LogP contribution in [0.15, 0.2) is 24.3 Å². The SMILES string of the molecule is Cc1ccccc1N1CCNCC1.[Cl-]. The van der Waals surface area contributed by atoms with E-state index < -0.39 is 0 Å². The zero-order valence-corrected chi connectivity index (χ0v) is 9.22. The van der Waals surface area contributed by atoms with Crippen LogP contribution in [0, 0.1) is 6.92 Å². The number of piperazine rings is 1. The second kappa shape index (κ2) is 5.23. The summed E-state index contributed by atoms with van der Waals surface area (Å²) in [5, 5.41) is 3.36. The van der Waals surface area contributed by atoms with Crippen molar-refractivity contribution in [1.29, 1.82) is 0 Å². The smallest absolute Gasteiger partial charge is 0.0396 e. The van der Waals surface area contributed by atoms with Crippen molar-refractivity contribution < 1.29 is 12.4 Å². The zero-order valence-electron chi connectivity index (χ0n) is 8.46. The molecule has 1 saturated heterocycles. The van der Waals surface area contributed by atoms with Crippen LogP contribution in [-0.2, 0) is 0 Å². The summed E-state index contributed by atoms with van der Waals surface area (Å²) >= 11 is 0. The van der Waals surface area contributed by atoms with Crippen LogP contribution < -0.4 is 22.6 Å². The van der Waals surface area contributed by atoms with Gasteiger partial charge in [0.25, 0.3) is 0 Å². The van der Waals surface area contributed by atoms with E-state index in [9.17, 15) is 0 Å². The molecule has 14 heavy (non-hydrogen) atoms. The van der Waals surface area contributed by atoms with Crippen molar-refractivity contribution in [3.63, 3.8) is 0 Å². The number of halogens is 1. The number of hydrogen-bond acceptors (Lipinski definition) is 2. The molecule has 0 radical (unpaired) electrons. The monoisotopic (exact) mass is 211 g/mol. The molecule has 1 aromatic carbocycles. The summed E-state index contributed by atoms with van der Waals surface area (Å²) in [6, 6.07) is 8.60. The maximum Gasteiger partial charge on any atom is 0.0396 e. The van der Waals surface area contributed by atoms with Crippen molar-refractivity contribution >= 4 is 5.69 Å². The Morgan fingerprint density at radius 1 is 1.14 bits per heavy atom. The van der Waals surface area contributed by atoms with E-state index in [1.54, 1.807) is 0 Å². The molecule has 1 fully saturated rings. The van der Waals surface area contributed by atoms with E-state index in [1.165, 1.54) is 11.3 Å². The molecule has 1 N–H and O–H groups in total. The van der Waals surface area contributed by atoms with Gasteiger partial charge in [-0.1, -0.05) is 18.2 Å². The van der Waals surface area contributed by atoms with Gasteiger partial charge in [0.15, 0.2) is 0 Å². The molecule has 3 heteroatoms. The van der Waals surface area contributed by atoms with Crippen molar-refractivity contribution in [2.45, 2.75) is 6.92 Å². The highest BCUT2D eigenvalue weighted by molar-refractivity contribution is 5.53. The van der Waals surface area contributed by atoms with Gasteiger partial charge in [0.05, 0.1) is 0 Å². The van der Waals surface area contributed by atoms with Gasteiger partial charge in [0, 0.05) is 31.9 Å². The third-order valence-corrected chi connectivity index (χ3v) is 2.57. The lowest BCUT2D eigenvalue weighted by molar-refractivity contribution is -0.00000271. The summed E-state index contributed by atoms with van der Waals surface area (Å²) in [6.07, 6.45) is 0. The molecule has 2 nitrogen and oxygen atoms in total. The molecule has 1 aliphatic rings. The van der Waals surface area contributed by atoms with Gasteiger partial charge in [-0.05, 0) is 18.6 Å². The molecule has 0 atom stereocenters. The van der Waals surface area contributed by atoms with Gasteiger partial charge in [0.1, 0.15) is 0 Å². The third kappa shape index (κ3) is 2.40. The minimum Gasteiger partial charge on any atom is -1.00 e. The van der Waals surface area contributed by atoms with E-state index in [2.05, 4.69) is 41.4 Å². The van der Waals surface area contributed by atoms with Crippen molar-refractivity contribution in [2.24, 2.45) is 0 Å². The first-order chi connectivity index (χ1) is 6.38. The van der Waals surface area contributed by atoms with Crippen molar-refractivity contribution in [1.82, 2.24) is 5.32 Å². The van der Waals surface area contributed by atoms with Crippen LogP contribution in [0.3, 0.4) is 0 Å². The number of para-hydroxylation sites is 1. The highest BCUT2D eigenvalue weighted by Crippen LogP contribution is 2.19. The molecule has 0 amide bonds. The number of nitrogens with zero attached hydrogens (tertiary/aromatic N) is 1. The number of anilines is 1. The van der Waals surface area contributed by atoms with Crippen LogP contribution in [0.1, 0.15) is 5.56 Å². The molecule has 0 aromatic heterocycles. The van der Waals surface area contributed by atoms with Crippen LogP contribution in [0.5, 0.6) is 0 Å². The molecular formula is C11H16ClN2-. The summed E-state index contributed by atoms with van der Waals surface area (Å²) in [6.45, 7) is 6.65. The second-order valence-corrected chi connectivity index (χ2v) is 3.52. The molecule has 0 unspecified atom stereocenters. The molecule has 1 aromatic rings. The summed E-state index contributed by atoms with van der Waals surface area (Å²) < 4.78 is 0. The third-order valence-electron chi connectivity index (χ3n) is 2.57. The normalized spacial score (nSPS) is 16.2. The Labute approximate surface area is 91.7 Å². The van der Waals surface area contributed by atoms with Crippen molar-refractivity contribution in [3.8, 4) is 0 Å². The van der Waals surface area contributed by atoms with Gasteiger partial charge in [-0.25, -0.2) is 0 Å². The van der Waals surface area contributed by atoms with Gasteiger partial charge >= 0.3 is 0 Å². The summed E-state index contributed by atoms with van der Waals surface area (Å²) in [5.74, 6) is 0. The lowest BCUT2D eigenvalue weighted by Gasteiger charge is -2.30. The maximum absolute atomic E-state index is 3.36. The van der Waals surface area contributed by atoms with Crippen LogP contribution in [0.2, 0.25) is 0 Å². The molecule has 78 valence electrons. The van der Waals surface area contributed by atoms with Gasteiger partial charge in [-0.3, -0.25) is 0 Å². The lowest BCUT2D eigenvalue weighted by atomic mass is 10.1. The largest absolute Gasteiger partial charge is 1.00 e. The standard InChI is InChI=1S/C11H16N2.ClH/c1-10-4-2-3-5-11(10)13-8-6-12-7-9-13;/h2-5,12H,6-9H2,1H3;1H/p-1. The molecule has 0 aliphatic carbocycles. The minimum absolute atomic E-state index is 0. The average molecular weight is 212 g/mol. The second-order valence-electron chi connectivity index (χ2n) is 3.52. The Bertz CT molecular complexity index is 282. The molecule has 2 rings (SSSR count). The molecule has 1 heterocycles. The maximum atomic E-state index is 3.36. The van der Waals surface area contributed by atoms with Crippen LogP contribution >= 0.6 is 0 Å². The summed E-state index contributed by atoms with van der Waals surface area (Å²) in [5.41, 5.74) is 2.77. The first-order valence-corrected chi connectivity index (χ1v) is 4.89. The molecule has 0 spiro atoms. The number of nitrogens with one attached hydrogen (secondary N) is 1. The summed E-state index contributed by atoms with van der Waals surface area (Å²) in [7, 11) is 0. The van der Waals surface area contributed by atoms with Gasteiger partial charge in [-0.15, -0.1) is 0 Å². The molecule has 0 saturated carbocycles. The van der Waals surface area contributed by atoms with E-state index in [0.717, 1.165) is 26.2 Å². The van der Waals surface area contributed by atoms with E-state index in [0.29, 0.717) is 0 Å². The zero-order chi connectivity index (χ0) is 9.10. The highest BCUT2D eigenvalue weighted by atomic mass is 35.5. The van der Waals surface area contributed by atoms with Crippen molar-refractivity contribution in [3.05, 3.63) is 29.8 Å². The van der Waals surface area contributed by atoms with Crippen LogP contribution in [0.4, 0.5) is 5.69 Å². The molecule has 1 aliphatic heterocycles. The quantitative estimate of drug-likeness (QED) is 0.603. The fourth-order valence-corrected chi connectivity index (χ4v) is 1.82. The van der Waals surface area contributed by atoms with E-state index in [-0.39, 0.29) is 12.4 Å². The molecule has 0 bridgehead atoms. The number of aryl methyl sites for hydroxylation is 1. The van der Waals surface area contributed by atoms with Crippen LogP contribution in [0.25, 0.3) is 0 Å². The first-order valence-electron chi connectivity index (χ1n) is 4.89. The highest BCUT2D eigenvalue weighted by Gasteiger charge is 2.10. The van der Waals surface area contributed by atoms with E-state index >= 15 is 0 Å². The Balaban J connectivity index is 0.000000980.